The number of hydrogen-bond acceptors (Lipinski definition) is 3. The van der Waals surface area contributed by atoms with Crippen molar-refractivity contribution in [2.45, 2.75) is 19.4 Å². The van der Waals surface area contributed by atoms with Crippen molar-refractivity contribution in [3.63, 3.8) is 0 Å². The van der Waals surface area contributed by atoms with Crippen LogP contribution in [-0.4, -0.2) is 15.8 Å². The van der Waals surface area contributed by atoms with E-state index in [1.54, 1.807) is 13.2 Å². The van der Waals surface area contributed by atoms with Crippen molar-refractivity contribution < 1.29 is 0 Å². The largest absolute Gasteiger partial charge is 0.380 e. The lowest BCUT2D eigenvalue weighted by atomic mass is 10.4. The highest BCUT2D eigenvalue weighted by atomic mass is 79.9. The third kappa shape index (κ3) is 1.68. The first-order valence-electron chi connectivity index (χ1n) is 4.58. The summed E-state index contributed by atoms with van der Waals surface area (Å²) in [5.41, 5.74) is 0.686. The predicted octanol–water partition coefficient (Wildman–Crippen LogP) is 1.36. The van der Waals surface area contributed by atoms with Crippen molar-refractivity contribution in [2.75, 3.05) is 5.32 Å². The second-order valence-electron chi connectivity index (χ2n) is 3.76. The van der Waals surface area contributed by atoms with Gasteiger partial charge >= 0.3 is 0 Å². The van der Waals surface area contributed by atoms with Gasteiger partial charge in [0.1, 0.15) is 4.47 Å². The average Bonchev–Trinajstić information content (AvgIpc) is 2.83. The van der Waals surface area contributed by atoms with Crippen molar-refractivity contribution >= 4 is 21.6 Å². The summed E-state index contributed by atoms with van der Waals surface area (Å²) in [4.78, 5) is 11.5. The molecule has 1 N–H and O–H groups in total. The molecule has 0 aromatic carbocycles. The normalized spacial score (nSPS) is 24.8. The molecule has 1 heterocycles. The standard InChI is InChI=1S/C9H12BrN3O/c1-5-3-6(5)12-7-4-11-13(2)9(14)8(7)10/h4-6,12H,3H2,1-2H3/t5-,6-/m1/s1. The van der Waals surface area contributed by atoms with Gasteiger partial charge < -0.3 is 5.32 Å². The first kappa shape index (κ1) is 9.71. The summed E-state index contributed by atoms with van der Waals surface area (Å²) in [6, 6.07) is 0.500. The van der Waals surface area contributed by atoms with E-state index in [2.05, 4.69) is 33.3 Å². The molecule has 1 aliphatic carbocycles. The van der Waals surface area contributed by atoms with Crippen LogP contribution in [-0.2, 0) is 7.05 Å². The molecule has 5 heteroatoms. The average molecular weight is 258 g/mol. The Morgan fingerprint density at radius 1 is 1.71 bits per heavy atom. The lowest BCUT2D eigenvalue weighted by molar-refractivity contribution is 0.702. The molecule has 4 nitrogen and oxygen atoms in total. The fourth-order valence-electron chi connectivity index (χ4n) is 1.33. The van der Waals surface area contributed by atoms with E-state index in [1.165, 1.54) is 11.1 Å². The number of halogens is 1. The van der Waals surface area contributed by atoms with Crippen molar-refractivity contribution in [1.82, 2.24) is 9.78 Å². The van der Waals surface area contributed by atoms with Gasteiger partial charge in [-0.25, -0.2) is 4.68 Å². The lowest BCUT2D eigenvalue weighted by Crippen LogP contribution is -2.21. The number of hydrogen-bond donors (Lipinski definition) is 1. The SMILES string of the molecule is C[C@@H]1C[C@H]1Nc1cnn(C)c(=O)c1Br. The Balaban J connectivity index is 2.26. The number of nitrogens with one attached hydrogen (secondary N) is 1. The molecule has 76 valence electrons. The first-order chi connectivity index (χ1) is 6.59. The van der Waals surface area contributed by atoms with E-state index >= 15 is 0 Å². The Hall–Kier alpha value is -0.840. The Labute approximate surface area is 90.4 Å². The fourth-order valence-corrected chi connectivity index (χ4v) is 1.81. The van der Waals surface area contributed by atoms with E-state index in [0.29, 0.717) is 16.4 Å². The van der Waals surface area contributed by atoms with Crippen LogP contribution in [0.2, 0.25) is 0 Å². The smallest absolute Gasteiger partial charge is 0.282 e. The highest BCUT2D eigenvalue weighted by Crippen LogP contribution is 2.33. The Kier molecular flexibility index (Phi) is 2.34. The van der Waals surface area contributed by atoms with Crippen LogP contribution in [0.5, 0.6) is 0 Å². The molecule has 2 atom stereocenters. The maximum absolute atomic E-state index is 11.5. The number of rotatable bonds is 2. The molecule has 1 fully saturated rings. The first-order valence-corrected chi connectivity index (χ1v) is 5.37. The van der Waals surface area contributed by atoms with Crippen LogP contribution >= 0.6 is 15.9 Å². The molecule has 1 aromatic heterocycles. The molecular formula is C9H12BrN3O. The molecule has 0 bridgehead atoms. The van der Waals surface area contributed by atoms with Crippen LogP contribution in [0.4, 0.5) is 5.69 Å². The molecule has 0 amide bonds. The summed E-state index contributed by atoms with van der Waals surface area (Å²) in [5, 5.41) is 7.24. The van der Waals surface area contributed by atoms with Gasteiger partial charge in [-0.2, -0.15) is 5.10 Å². The molecule has 1 saturated carbocycles. The van der Waals surface area contributed by atoms with E-state index in [9.17, 15) is 4.79 Å². The molecular weight excluding hydrogens is 246 g/mol. The second-order valence-corrected chi connectivity index (χ2v) is 4.56. The van der Waals surface area contributed by atoms with E-state index in [1.807, 2.05) is 0 Å². The molecule has 0 aliphatic heterocycles. The van der Waals surface area contributed by atoms with Crippen LogP contribution in [0.3, 0.4) is 0 Å². The van der Waals surface area contributed by atoms with Gasteiger partial charge in [0.2, 0.25) is 0 Å². The summed E-state index contributed by atoms with van der Waals surface area (Å²) in [6.45, 7) is 2.18. The third-order valence-electron chi connectivity index (χ3n) is 2.53. The summed E-state index contributed by atoms with van der Waals surface area (Å²) in [7, 11) is 1.64. The van der Waals surface area contributed by atoms with Gasteiger partial charge in [-0.1, -0.05) is 6.92 Å². The maximum atomic E-state index is 11.5. The summed E-state index contributed by atoms with van der Waals surface area (Å²) >= 11 is 3.27. The van der Waals surface area contributed by atoms with E-state index in [-0.39, 0.29) is 5.56 Å². The van der Waals surface area contributed by atoms with Crippen molar-refractivity contribution in [2.24, 2.45) is 13.0 Å². The van der Waals surface area contributed by atoms with Gasteiger partial charge in [0.15, 0.2) is 0 Å². The van der Waals surface area contributed by atoms with E-state index < -0.39 is 0 Å². The van der Waals surface area contributed by atoms with Crippen LogP contribution in [0.15, 0.2) is 15.5 Å². The Morgan fingerprint density at radius 2 is 2.36 bits per heavy atom. The lowest BCUT2D eigenvalue weighted by Gasteiger charge is -2.07. The van der Waals surface area contributed by atoms with Crippen LogP contribution in [0.25, 0.3) is 0 Å². The molecule has 1 aromatic rings. The Bertz CT molecular complexity index is 415. The highest BCUT2D eigenvalue weighted by Gasteiger charge is 2.32. The van der Waals surface area contributed by atoms with Crippen LogP contribution in [0, 0.1) is 5.92 Å². The van der Waals surface area contributed by atoms with Crippen LogP contribution < -0.4 is 10.9 Å². The maximum Gasteiger partial charge on any atom is 0.282 e. The summed E-state index contributed by atoms with van der Waals surface area (Å²) in [6.07, 6.45) is 2.85. The molecule has 0 radical (unpaired) electrons. The monoisotopic (exact) mass is 257 g/mol. The predicted molar refractivity (Wildman–Crippen MR) is 58.4 cm³/mol. The van der Waals surface area contributed by atoms with Gasteiger partial charge in [0.25, 0.3) is 5.56 Å². The molecule has 1 aliphatic rings. The fraction of sp³-hybridized carbons (Fsp3) is 0.556. The molecule has 2 rings (SSSR count). The quantitative estimate of drug-likeness (QED) is 0.871. The highest BCUT2D eigenvalue weighted by molar-refractivity contribution is 9.10. The van der Waals surface area contributed by atoms with Gasteiger partial charge in [0.05, 0.1) is 11.9 Å². The van der Waals surface area contributed by atoms with Crippen LogP contribution in [0.1, 0.15) is 13.3 Å². The molecule has 0 spiro atoms. The zero-order valence-electron chi connectivity index (χ0n) is 8.12. The van der Waals surface area contributed by atoms with Crippen molar-refractivity contribution in [1.29, 1.82) is 0 Å². The second kappa shape index (κ2) is 3.38. The number of aryl methyl sites for hydroxylation is 1. The third-order valence-corrected chi connectivity index (χ3v) is 3.29. The summed E-state index contributed by atoms with van der Waals surface area (Å²) < 4.78 is 1.88. The van der Waals surface area contributed by atoms with E-state index in [0.717, 1.165) is 5.69 Å². The Morgan fingerprint density at radius 3 is 2.93 bits per heavy atom. The van der Waals surface area contributed by atoms with Gasteiger partial charge in [-0.3, -0.25) is 4.79 Å². The minimum atomic E-state index is -0.108. The number of aromatic nitrogens is 2. The van der Waals surface area contributed by atoms with Gasteiger partial charge in [-0.05, 0) is 28.3 Å². The van der Waals surface area contributed by atoms with Gasteiger partial charge in [0, 0.05) is 13.1 Å². The van der Waals surface area contributed by atoms with Crippen molar-refractivity contribution in [3.8, 4) is 0 Å². The number of nitrogens with zero attached hydrogens (tertiary/aromatic N) is 2. The van der Waals surface area contributed by atoms with E-state index in [4.69, 9.17) is 0 Å². The van der Waals surface area contributed by atoms with Gasteiger partial charge in [-0.15, -0.1) is 0 Å². The van der Waals surface area contributed by atoms with Crippen molar-refractivity contribution in [3.05, 3.63) is 21.0 Å². The molecule has 14 heavy (non-hydrogen) atoms. The minimum Gasteiger partial charge on any atom is -0.380 e. The summed E-state index contributed by atoms with van der Waals surface area (Å²) in [5.74, 6) is 0.700. The zero-order valence-corrected chi connectivity index (χ0v) is 9.71. The molecule has 0 unspecified atom stereocenters. The zero-order chi connectivity index (χ0) is 10.3. The molecule has 0 saturated heterocycles. The minimum absolute atomic E-state index is 0.108. The topological polar surface area (TPSA) is 46.9 Å². The number of anilines is 1.